The second-order valence-electron chi connectivity index (χ2n) is 7.08. The van der Waals surface area contributed by atoms with Gasteiger partial charge in [-0.15, -0.1) is 0 Å². The number of benzene rings is 2. The first-order valence-corrected chi connectivity index (χ1v) is 9.47. The molecule has 138 valence electrons. The van der Waals surface area contributed by atoms with Crippen LogP contribution in [0.15, 0.2) is 54.6 Å². The van der Waals surface area contributed by atoms with E-state index in [0.29, 0.717) is 30.6 Å². The van der Waals surface area contributed by atoms with E-state index in [2.05, 4.69) is 0 Å². The molecular formula is C22H22N2O3. The molecule has 0 aliphatic carbocycles. The van der Waals surface area contributed by atoms with Crippen LogP contribution in [-0.4, -0.2) is 35.2 Å². The summed E-state index contributed by atoms with van der Waals surface area (Å²) in [5.74, 6) is -0.676. The van der Waals surface area contributed by atoms with E-state index in [1.807, 2.05) is 30.3 Å². The van der Waals surface area contributed by atoms with E-state index < -0.39 is 6.04 Å². The van der Waals surface area contributed by atoms with E-state index >= 15 is 0 Å². The minimum absolute atomic E-state index is 0.151. The summed E-state index contributed by atoms with van der Waals surface area (Å²) in [5.41, 5.74) is 1.90. The van der Waals surface area contributed by atoms with Crippen LogP contribution in [0.3, 0.4) is 0 Å². The molecule has 2 heterocycles. The summed E-state index contributed by atoms with van der Waals surface area (Å²) < 4.78 is 0. The van der Waals surface area contributed by atoms with Crippen molar-refractivity contribution in [2.75, 3.05) is 11.4 Å². The highest BCUT2D eigenvalue weighted by Gasteiger charge is 2.42. The lowest BCUT2D eigenvalue weighted by Crippen LogP contribution is -2.52. The molecule has 2 aromatic rings. The van der Waals surface area contributed by atoms with E-state index in [4.69, 9.17) is 0 Å². The van der Waals surface area contributed by atoms with Gasteiger partial charge in [-0.25, -0.2) is 4.90 Å². The molecule has 3 amide bonds. The Morgan fingerprint density at radius 3 is 2.52 bits per heavy atom. The number of piperidine rings is 1. The van der Waals surface area contributed by atoms with Crippen molar-refractivity contribution in [3.05, 3.63) is 65.7 Å². The molecule has 0 unspecified atom stereocenters. The predicted octanol–water partition coefficient (Wildman–Crippen LogP) is 3.19. The monoisotopic (exact) mass is 362 g/mol. The van der Waals surface area contributed by atoms with E-state index in [-0.39, 0.29) is 24.1 Å². The van der Waals surface area contributed by atoms with E-state index in [0.717, 1.165) is 18.4 Å². The average Bonchev–Trinajstić information content (AvgIpc) is 2.81. The lowest BCUT2D eigenvalue weighted by Gasteiger charge is -2.34. The number of amides is 3. The third-order valence-corrected chi connectivity index (χ3v) is 5.36. The minimum atomic E-state index is -0.542. The number of carbonyl (C=O) groups excluding carboxylic acids is 3. The van der Waals surface area contributed by atoms with Gasteiger partial charge in [0, 0.05) is 13.0 Å². The summed E-state index contributed by atoms with van der Waals surface area (Å²) >= 11 is 0. The van der Waals surface area contributed by atoms with Gasteiger partial charge in [-0.3, -0.25) is 14.4 Å². The smallest absolute Gasteiger partial charge is 0.256 e. The Kier molecular flexibility index (Phi) is 4.75. The van der Waals surface area contributed by atoms with Gasteiger partial charge in [-0.2, -0.15) is 0 Å². The highest BCUT2D eigenvalue weighted by Crippen LogP contribution is 2.32. The van der Waals surface area contributed by atoms with Crippen LogP contribution in [0.1, 0.15) is 41.6 Å². The molecule has 2 aromatic carbocycles. The van der Waals surface area contributed by atoms with Gasteiger partial charge < -0.3 is 4.90 Å². The normalized spacial score (nSPS) is 19.3. The third kappa shape index (κ3) is 3.25. The number of fused-ring (bicyclic) bond motifs is 2. The minimum Gasteiger partial charge on any atom is -0.327 e. The van der Waals surface area contributed by atoms with Gasteiger partial charge in [0.1, 0.15) is 6.04 Å². The topological polar surface area (TPSA) is 57.7 Å². The van der Waals surface area contributed by atoms with Crippen LogP contribution in [-0.2, 0) is 16.0 Å². The van der Waals surface area contributed by atoms with Gasteiger partial charge in [0.15, 0.2) is 0 Å². The van der Waals surface area contributed by atoms with Gasteiger partial charge >= 0.3 is 0 Å². The molecule has 2 aliphatic heterocycles. The van der Waals surface area contributed by atoms with E-state index in [1.54, 1.807) is 29.2 Å². The van der Waals surface area contributed by atoms with Crippen LogP contribution in [0.25, 0.3) is 0 Å². The Morgan fingerprint density at radius 2 is 1.70 bits per heavy atom. The maximum atomic E-state index is 13.3. The predicted molar refractivity (Wildman–Crippen MR) is 102 cm³/mol. The van der Waals surface area contributed by atoms with Crippen LogP contribution in [0, 0.1) is 0 Å². The summed E-state index contributed by atoms with van der Waals surface area (Å²) in [7, 11) is 0. The number of carbonyl (C=O) groups is 3. The number of anilines is 1. The summed E-state index contributed by atoms with van der Waals surface area (Å²) in [4.78, 5) is 42.2. The molecule has 27 heavy (non-hydrogen) atoms. The van der Waals surface area contributed by atoms with E-state index in [1.165, 1.54) is 4.90 Å². The zero-order chi connectivity index (χ0) is 18.8. The lowest BCUT2D eigenvalue weighted by molar-refractivity contribution is -0.129. The molecule has 0 saturated carbocycles. The van der Waals surface area contributed by atoms with Crippen LogP contribution in [0.5, 0.6) is 0 Å². The molecule has 0 radical (unpaired) electrons. The van der Waals surface area contributed by atoms with Crippen LogP contribution in [0.4, 0.5) is 5.69 Å². The Balaban J connectivity index is 1.67. The Morgan fingerprint density at radius 1 is 0.963 bits per heavy atom. The second kappa shape index (κ2) is 7.35. The number of hydrogen-bond donors (Lipinski definition) is 0. The maximum absolute atomic E-state index is 13.3. The Bertz CT molecular complexity index is 878. The molecule has 1 atom stereocenters. The van der Waals surface area contributed by atoms with Gasteiger partial charge in [-0.1, -0.05) is 42.5 Å². The summed E-state index contributed by atoms with van der Waals surface area (Å²) in [6.07, 6.45) is 3.18. The van der Waals surface area contributed by atoms with Crippen molar-refractivity contribution < 1.29 is 14.4 Å². The molecule has 0 aromatic heterocycles. The van der Waals surface area contributed by atoms with Crippen molar-refractivity contribution in [3.63, 3.8) is 0 Å². The standard InChI is InChI=1S/C22H22N2O3/c25-20(14-13-16-8-2-1-3-9-16)24-18-11-5-4-10-17(18)21(26)23-15-7-6-12-19(23)22(24)27/h1-5,8-11,19H,6-7,12-15H2/t19-/m0/s1. The number of hydrogen-bond acceptors (Lipinski definition) is 3. The fourth-order valence-corrected chi connectivity index (χ4v) is 3.97. The third-order valence-electron chi connectivity index (χ3n) is 5.36. The molecule has 0 bridgehead atoms. The highest BCUT2D eigenvalue weighted by molar-refractivity contribution is 6.22. The van der Waals surface area contributed by atoms with Crippen molar-refractivity contribution in [2.24, 2.45) is 0 Å². The first kappa shape index (κ1) is 17.5. The van der Waals surface area contributed by atoms with Crippen molar-refractivity contribution in [2.45, 2.75) is 38.1 Å². The van der Waals surface area contributed by atoms with Crippen molar-refractivity contribution in [1.82, 2.24) is 4.90 Å². The lowest BCUT2D eigenvalue weighted by atomic mass is 10.0. The quantitative estimate of drug-likeness (QED) is 0.843. The van der Waals surface area contributed by atoms with Crippen LogP contribution < -0.4 is 4.90 Å². The van der Waals surface area contributed by atoms with Crippen LogP contribution >= 0.6 is 0 Å². The molecule has 2 aliphatic rings. The summed E-state index contributed by atoms with van der Waals surface area (Å²) in [6, 6.07) is 16.1. The van der Waals surface area contributed by atoms with Crippen molar-refractivity contribution >= 4 is 23.4 Å². The number of aryl methyl sites for hydroxylation is 1. The maximum Gasteiger partial charge on any atom is 0.256 e. The Labute approximate surface area is 158 Å². The fraction of sp³-hybridized carbons (Fsp3) is 0.318. The van der Waals surface area contributed by atoms with Crippen LogP contribution in [0.2, 0.25) is 0 Å². The average molecular weight is 362 g/mol. The van der Waals surface area contributed by atoms with Gasteiger partial charge in [0.05, 0.1) is 11.3 Å². The summed E-state index contributed by atoms with van der Waals surface area (Å²) in [5, 5.41) is 0. The molecule has 5 nitrogen and oxygen atoms in total. The number of nitrogens with zero attached hydrogens (tertiary/aromatic N) is 2. The SMILES string of the molecule is O=C(CCc1ccccc1)N1C(=O)[C@@H]2CCCCN2C(=O)c2ccccc21. The van der Waals surface area contributed by atoms with Gasteiger partial charge in [0.2, 0.25) is 5.91 Å². The van der Waals surface area contributed by atoms with Gasteiger partial charge in [0.25, 0.3) is 11.8 Å². The Hall–Kier alpha value is -2.95. The van der Waals surface area contributed by atoms with Crippen molar-refractivity contribution in [1.29, 1.82) is 0 Å². The molecular weight excluding hydrogens is 340 g/mol. The number of rotatable bonds is 3. The zero-order valence-electron chi connectivity index (χ0n) is 15.1. The number of imide groups is 1. The molecule has 5 heteroatoms. The zero-order valence-corrected chi connectivity index (χ0v) is 15.1. The fourth-order valence-electron chi connectivity index (χ4n) is 3.97. The van der Waals surface area contributed by atoms with E-state index in [9.17, 15) is 14.4 Å². The first-order valence-electron chi connectivity index (χ1n) is 9.47. The largest absolute Gasteiger partial charge is 0.327 e. The van der Waals surface area contributed by atoms with Crippen molar-refractivity contribution in [3.8, 4) is 0 Å². The molecule has 0 N–H and O–H groups in total. The molecule has 1 fully saturated rings. The molecule has 0 spiro atoms. The molecule has 1 saturated heterocycles. The second-order valence-corrected chi connectivity index (χ2v) is 7.08. The number of para-hydroxylation sites is 1. The van der Waals surface area contributed by atoms with Gasteiger partial charge in [-0.05, 0) is 43.4 Å². The first-order chi connectivity index (χ1) is 13.2. The molecule has 4 rings (SSSR count). The highest BCUT2D eigenvalue weighted by atomic mass is 16.2. The summed E-state index contributed by atoms with van der Waals surface area (Å²) in [6.45, 7) is 0.565.